The number of likely N-dealkylation sites (tertiary alicyclic amines) is 1. The predicted octanol–water partition coefficient (Wildman–Crippen LogP) is 2.78. The van der Waals surface area contributed by atoms with Crippen molar-refractivity contribution in [3.63, 3.8) is 0 Å². The number of carbonyl (C=O) groups excluding carboxylic acids is 1. The molecular formula is C17H25ClN2O2. The second-order valence-electron chi connectivity index (χ2n) is 6.01. The highest BCUT2D eigenvalue weighted by atomic mass is 35.5. The number of nitrogens with zero attached hydrogens (tertiary/aromatic N) is 1. The Morgan fingerprint density at radius 1 is 1.32 bits per heavy atom. The Balaban J connectivity index is 0.00000176. The lowest BCUT2D eigenvalue weighted by Crippen LogP contribution is -2.42. The maximum absolute atomic E-state index is 12.8. The number of carbonyl (C=O) groups is 1. The van der Waals surface area contributed by atoms with Gasteiger partial charge in [-0.25, -0.2) is 0 Å². The maximum atomic E-state index is 12.8. The lowest BCUT2D eigenvalue weighted by molar-refractivity contribution is -0.137. The van der Waals surface area contributed by atoms with Crippen molar-refractivity contribution in [2.45, 2.75) is 31.7 Å². The molecule has 2 saturated heterocycles. The Kier molecular flexibility index (Phi) is 6.09. The first-order valence-corrected chi connectivity index (χ1v) is 7.95. The zero-order chi connectivity index (χ0) is 14.7. The van der Waals surface area contributed by atoms with Gasteiger partial charge in [-0.3, -0.25) is 4.79 Å². The van der Waals surface area contributed by atoms with Gasteiger partial charge < -0.3 is 15.0 Å². The Bertz CT molecular complexity index is 503. The number of hydrogen-bond acceptors (Lipinski definition) is 3. The summed E-state index contributed by atoms with van der Waals surface area (Å²) < 4.78 is 5.31. The fourth-order valence-corrected chi connectivity index (χ4v) is 3.52. The van der Waals surface area contributed by atoms with Gasteiger partial charge in [-0.15, -0.1) is 12.4 Å². The molecule has 1 N–H and O–H groups in total. The summed E-state index contributed by atoms with van der Waals surface area (Å²) in [5, 5.41) is 3.34. The molecule has 0 aliphatic carbocycles. The highest BCUT2D eigenvalue weighted by Crippen LogP contribution is 2.35. The van der Waals surface area contributed by atoms with E-state index in [4.69, 9.17) is 4.74 Å². The van der Waals surface area contributed by atoms with E-state index in [1.807, 2.05) is 12.1 Å². The molecule has 0 aromatic heterocycles. The van der Waals surface area contributed by atoms with E-state index in [0.29, 0.717) is 5.91 Å². The van der Waals surface area contributed by atoms with E-state index in [1.54, 1.807) is 7.11 Å². The van der Waals surface area contributed by atoms with Crippen molar-refractivity contribution >= 4 is 18.3 Å². The molecule has 22 heavy (non-hydrogen) atoms. The summed E-state index contributed by atoms with van der Waals surface area (Å²) in [5.41, 5.74) is 1.20. The van der Waals surface area contributed by atoms with E-state index in [2.05, 4.69) is 22.3 Å². The number of nitrogens with one attached hydrogen (secondary N) is 1. The van der Waals surface area contributed by atoms with Crippen LogP contribution < -0.4 is 10.1 Å². The van der Waals surface area contributed by atoms with Crippen molar-refractivity contribution < 1.29 is 9.53 Å². The second-order valence-corrected chi connectivity index (χ2v) is 6.01. The zero-order valence-corrected chi connectivity index (χ0v) is 13.9. The van der Waals surface area contributed by atoms with Crippen LogP contribution >= 0.6 is 12.4 Å². The highest BCUT2D eigenvalue weighted by molar-refractivity contribution is 5.85. The quantitative estimate of drug-likeness (QED) is 0.929. The van der Waals surface area contributed by atoms with Crippen molar-refractivity contribution in [2.75, 3.05) is 26.7 Å². The minimum absolute atomic E-state index is 0. The third-order valence-electron chi connectivity index (χ3n) is 4.66. The molecule has 1 aromatic rings. The van der Waals surface area contributed by atoms with Gasteiger partial charge in [-0.2, -0.15) is 0 Å². The molecule has 2 heterocycles. The normalized spacial score (nSPS) is 24.7. The van der Waals surface area contributed by atoms with E-state index in [1.165, 1.54) is 5.56 Å². The standard InChI is InChI=1S/C17H24N2O2.ClH/c1-21-15-7-2-5-13(11-15)16-8-4-10-19(16)17(20)14-6-3-9-18-12-14;/h2,5,7,11,14,16,18H,3-4,6,8-10,12H2,1H3;1H. The summed E-state index contributed by atoms with van der Waals surface area (Å²) >= 11 is 0. The van der Waals surface area contributed by atoms with Crippen molar-refractivity contribution in [3.8, 4) is 5.75 Å². The van der Waals surface area contributed by atoms with Crippen LogP contribution in [-0.4, -0.2) is 37.6 Å². The van der Waals surface area contributed by atoms with Crippen LogP contribution in [0.4, 0.5) is 0 Å². The molecule has 5 heteroatoms. The van der Waals surface area contributed by atoms with Crippen LogP contribution in [0, 0.1) is 5.92 Å². The van der Waals surface area contributed by atoms with Gasteiger partial charge in [0.1, 0.15) is 5.75 Å². The van der Waals surface area contributed by atoms with Crippen molar-refractivity contribution in [1.82, 2.24) is 10.2 Å². The molecule has 2 aliphatic rings. The average molecular weight is 325 g/mol. The molecule has 0 spiro atoms. The third kappa shape index (κ3) is 3.55. The molecular weight excluding hydrogens is 300 g/mol. The number of methoxy groups -OCH3 is 1. The van der Waals surface area contributed by atoms with Crippen LogP contribution in [0.25, 0.3) is 0 Å². The monoisotopic (exact) mass is 324 g/mol. The smallest absolute Gasteiger partial charge is 0.227 e. The molecule has 0 bridgehead atoms. The fourth-order valence-electron chi connectivity index (χ4n) is 3.52. The first-order valence-electron chi connectivity index (χ1n) is 7.95. The summed E-state index contributed by atoms with van der Waals surface area (Å²) in [4.78, 5) is 14.9. The molecule has 1 amide bonds. The molecule has 2 unspecified atom stereocenters. The molecule has 2 aliphatic heterocycles. The summed E-state index contributed by atoms with van der Waals surface area (Å²) in [5.74, 6) is 1.35. The van der Waals surface area contributed by atoms with Crippen LogP contribution in [0.5, 0.6) is 5.75 Å². The number of hydrogen-bond donors (Lipinski definition) is 1. The van der Waals surface area contributed by atoms with Gasteiger partial charge in [0.05, 0.1) is 19.1 Å². The third-order valence-corrected chi connectivity index (χ3v) is 4.66. The van der Waals surface area contributed by atoms with Gasteiger partial charge in [0, 0.05) is 13.1 Å². The minimum Gasteiger partial charge on any atom is -0.497 e. The Labute approximate surface area is 138 Å². The van der Waals surface area contributed by atoms with Gasteiger partial charge in [-0.05, 0) is 49.9 Å². The van der Waals surface area contributed by atoms with Crippen LogP contribution in [0.2, 0.25) is 0 Å². The summed E-state index contributed by atoms with van der Waals surface area (Å²) in [7, 11) is 1.68. The molecule has 3 rings (SSSR count). The molecule has 1 aromatic carbocycles. The topological polar surface area (TPSA) is 41.6 Å². The van der Waals surface area contributed by atoms with Gasteiger partial charge in [0.25, 0.3) is 0 Å². The van der Waals surface area contributed by atoms with Crippen molar-refractivity contribution in [3.05, 3.63) is 29.8 Å². The van der Waals surface area contributed by atoms with Crippen LogP contribution in [0.3, 0.4) is 0 Å². The lowest BCUT2D eigenvalue weighted by atomic mass is 9.96. The van der Waals surface area contributed by atoms with Gasteiger partial charge >= 0.3 is 0 Å². The Hall–Kier alpha value is -1.26. The largest absolute Gasteiger partial charge is 0.497 e. The first kappa shape index (κ1) is 17.1. The van der Waals surface area contributed by atoms with Gasteiger partial charge in [0.15, 0.2) is 0 Å². The minimum atomic E-state index is 0. The SMILES string of the molecule is COc1cccc(C2CCCN2C(=O)C2CCCNC2)c1.Cl. The Morgan fingerprint density at radius 2 is 2.18 bits per heavy atom. The predicted molar refractivity (Wildman–Crippen MR) is 89.5 cm³/mol. The molecule has 2 fully saturated rings. The summed E-state index contributed by atoms with van der Waals surface area (Å²) in [6, 6.07) is 8.36. The van der Waals surface area contributed by atoms with Crippen LogP contribution in [0.1, 0.15) is 37.3 Å². The number of ether oxygens (including phenoxy) is 1. The molecule has 4 nitrogen and oxygen atoms in total. The van der Waals surface area contributed by atoms with E-state index >= 15 is 0 Å². The Morgan fingerprint density at radius 3 is 2.91 bits per heavy atom. The van der Waals surface area contributed by atoms with E-state index < -0.39 is 0 Å². The molecule has 122 valence electrons. The van der Waals surface area contributed by atoms with Crippen molar-refractivity contribution in [1.29, 1.82) is 0 Å². The van der Waals surface area contributed by atoms with E-state index in [9.17, 15) is 4.79 Å². The number of piperidine rings is 1. The number of rotatable bonds is 3. The number of amides is 1. The molecule has 0 radical (unpaired) electrons. The first-order chi connectivity index (χ1) is 10.3. The van der Waals surface area contributed by atoms with Crippen LogP contribution in [0.15, 0.2) is 24.3 Å². The number of halogens is 1. The zero-order valence-electron chi connectivity index (χ0n) is 13.1. The lowest BCUT2D eigenvalue weighted by Gasteiger charge is -2.31. The summed E-state index contributed by atoms with van der Waals surface area (Å²) in [6.45, 7) is 2.76. The van der Waals surface area contributed by atoms with Crippen LogP contribution in [-0.2, 0) is 4.79 Å². The van der Waals surface area contributed by atoms with Gasteiger partial charge in [-0.1, -0.05) is 12.1 Å². The number of benzene rings is 1. The average Bonchev–Trinajstić information content (AvgIpc) is 3.04. The molecule has 2 atom stereocenters. The molecule has 0 saturated carbocycles. The highest BCUT2D eigenvalue weighted by Gasteiger charge is 2.34. The van der Waals surface area contributed by atoms with Crippen molar-refractivity contribution in [2.24, 2.45) is 5.92 Å². The van der Waals surface area contributed by atoms with Gasteiger partial charge in [0.2, 0.25) is 5.91 Å². The fraction of sp³-hybridized carbons (Fsp3) is 0.588. The second kappa shape index (κ2) is 7.84. The maximum Gasteiger partial charge on any atom is 0.227 e. The van der Waals surface area contributed by atoms with E-state index in [0.717, 1.165) is 51.1 Å². The summed E-state index contributed by atoms with van der Waals surface area (Å²) in [6.07, 6.45) is 4.27. The van der Waals surface area contributed by atoms with E-state index in [-0.39, 0.29) is 24.4 Å².